The Bertz CT molecular complexity index is 640. The molecule has 0 fully saturated rings. The fourth-order valence-electron chi connectivity index (χ4n) is 2.06. The molecule has 0 aliphatic heterocycles. The Balaban J connectivity index is 2.15. The first kappa shape index (κ1) is 14.7. The van der Waals surface area contributed by atoms with Crippen molar-refractivity contribution in [1.29, 1.82) is 0 Å². The zero-order valence-electron chi connectivity index (χ0n) is 11.8. The number of pyridine rings is 1. The van der Waals surface area contributed by atoms with Crippen molar-refractivity contribution < 1.29 is 4.79 Å². The van der Waals surface area contributed by atoms with Crippen molar-refractivity contribution in [2.45, 2.75) is 26.8 Å². The highest BCUT2D eigenvalue weighted by Gasteiger charge is 2.14. The van der Waals surface area contributed by atoms with E-state index in [0.29, 0.717) is 5.56 Å². The van der Waals surface area contributed by atoms with E-state index in [9.17, 15) is 4.79 Å². The third-order valence-corrected chi connectivity index (χ3v) is 3.66. The Hall–Kier alpha value is -1.68. The molecule has 1 amide bonds. The number of halogens is 1. The Labute approximate surface area is 127 Å². The van der Waals surface area contributed by atoms with E-state index in [1.165, 1.54) is 0 Å². The highest BCUT2D eigenvalue weighted by Crippen LogP contribution is 2.18. The van der Waals surface area contributed by atoms with Gasteiger partial charge in [-0.2, -0.15) is 0 Å². The van der Waals surface area contributed by atoms with Crippen molar-refractivity contribution in [2.24, 2.45) is 0 Å². The van der Waals surface area contributed by atoms with E-state index in [1.807, 2.05) is 57.2 Å². The molecular formula is C16H17BrN2O. The molecule has 0 aliphatic rings. The van der Waals surface area contributed by atoms with E-state index in [1.54, 1.807) is 0 Å². The van der Waals surface area contributed by atoms with Gasteiger partial charge in [0.1, 0.15) is 0 Å². The second kappa shape index (κ2) is 6.18. The third kappa shape index (κ3) is 3.45. The summed E-state index contributed by atoms with van der Waals surface area (Å²) in [4.78, 5) is 16.6. The topological polar surface area (TPSA) is 42.0 Å². The smallest absolute Gasteiger partial charge is 0.253 e. The molecule has 2 rings (SSSR count). The minimum absolute atomic E-state index is 0.0549. The zero-order valence-corrected chi connectivity index (χ0v) is 13.4. The van der Waals surface area contributed by atoms with Gasteiger partial charge < -0.3 is 5.32 Å². The number of rotatable bonds is 3. The zero-order chi connectivity index (χ0) is 14.7. The van der Waals surface area contributed by atoms with Gasteiger partial charge in [-0.05, 0) is 50.6 Å². The van der Waals surface area contributed by atoms with Gasteiger partial charge in [0.2, 0.25) is 0 Å². The monoisotopic (exact) mass is 332 g/mol. The van der Waals surface area contributed by atoms with Crippen LogP contribution in [0.3, 0.4) is 0 Å². The first-order valence-electron chi connectivity index (χ1n) is 6.48. The van der Waals surface area contributed by atoms with Crippen LogP contribution in [0, 0.1) is 13.8 Å². The van der Waals surface area contributed by atoms with Crippen LogP contribution in [0.1, 0.15) is 40.3 Å². The molecule has 1 aromatic heterocycles. The number of carbonyl (C=O) groups is 1. The lowest BCUT2D eigenvalue weighted by Gasteiger charge is -2.15. The molecule has 1 aromatic carbocycles. The third-order valence-electron chi connectivity index (χ3n) is 3.17. The van der Waals surface area contributed by atoms with E-state index < -0.39 is 0 Å². The molecule has 104 valence electrons. The molecule has 0 saturated heterocycles. The maximum absolute atomic E-state index is 12.3. The summed E-state index contributed by atoms with van der Waals surface area (Å²) in [6.07, 6.45) is 0. The van der Waals surface area contributed by atoms with Gasteiger partial charge in [0.05, 0.1) is 17.3 Å². The lowest BCUT2D eigenvalue weighted by Crippen LogP contribution is -2.27. The number of amides is 1. The molecule has 1 atom stereocenters. The van der Waals surface area contributed by atoms with Gasteiger partial charge >= 0.3 is 0 Å². The van der Waals surface area contributed by atoms with Gasteiger partial charge in [-0.25, -0.2) is 0 Å². The molecule has 0 saturated carbocycles. The van der Waals surface area contributed by atoms with Gasteiger partial charge in [-0.1, -0.05) is 28.1 Å². The van der Waals surface area contributed by atoms with Crippen molar-refractivity contribution in [2.75, 3.05) is 0 Å². The number of hydrogen-bond acceptors (Lipinski definition) is 2. The Morgan fingerprint density at radius 3 is 2.65 bits per heavy atom. The molecule has 0 spiro atoms. The fourth-order valence-corrected chi connectivity index (χ4v) is 2.48. The summed E-state index contributed by atoms with van der Waals surface area (Å²) in [6.45, 7) is 5.74. The molecule has 1 N–H and O–H groups in total. The van der Waals surface area contributed by atoms with Crippen LogP contribution in [0.25, 0.3) is 0 Å². The predicted octanol–water partition coefficient (Wildman–Crippen LogP) is 3.95. The number of aryl methyl sites for hydroxylation is 2. The van der Waals surface area contributed by atoms with Gasteiger partial charge in [0, 0.05) is 10.2 Å². The maximum atomic E-state index is 12.3. The Morgan fingerprint density at radius 1 is 1.25 bits per heavy atom. The number of nitrogens with zero attached hydrogens (tertiary/aromatic N) is 1. The maximum Gasteiger partial charge on any atom is 0.253 e. The van der Waals surface area contributed by atoms with Crippen LogP contribution >= 0.6 is 15.9 Å². The van der Waals surface area contributed by atoms with Crippen LogP contribution in [0.2, 0.25) is 0 Å². The van der Waals surface area contributed by atoms with Crippen LogP contribution in [0.5, 0.6) is 0 Å². The largest absolute Gasteiger partial charge is 0.345 e. The van der Waals surface area contributed by atoms with Crippen LogP contribution in [0.15, 0.2) is 40.9 Å². The fraction of sp³-hybridized carbons (Fsp3) is 0.250. The molecule has 0 aliphatic carbocycles. The lowest BCUT2D eigenvalue weighted by molar-refractivity contribution is 0.0939. The van der Waals surface area contributed by atoms with Crippen molar-refractivity contribution in [3.63, 3.8) is 0 Å². The lowest BCUT2D eigenvalue weighted by atomic mass is 10.1. The summed E-state index contributed by atoms with van der Waals surface area (Å²) in [6, 6.07) is 11.5. The summed E-state index contributed by atoms with van der Waals surface area (Å²) in [5.74, 6) is -0.0949. The average Bonchev–Trinajstić information content (AvgIpc) is 2.38. The van der Waals surface area contributed by atoms with Gasteiger partial charge in [0.25, 0.3) is 5.91 Å². The van der Waals surface area contributed by atoms with Crippen LogP contribution < -0.4 is 5.32 Å². The summed E-state index contributed by atoms with van der Waals surface area (Å²) in [5, 5.41) is 3.00. The van der Waals surface area contributed by atoms with Crippen LogP contribution in [0.4, 0.5) is 0 Å². The van der Waals surface area contributed by atoms with Crippen molar-refractivity contribution in [3.8, 4) is 0 Å². The summed E-state index contributed by atoms with van der Waals surface area (Å²) >= 11 is 3.44. The first-order valence-corrected chi connectivity index (χ1v) is 7.27. The van der Waals surface area contributed by atoms with Crippen LogP contribution in [-0.2, 0) is 0 Å². The first-order chi connectivity index (χ1) is 9.47. The Morgan fingerprint density at radius 2 is 2.00 bits per heavy atom. The molecule has 4 heteroatoms. The van der Waals surface area contributed by atoms with E-state index in [-0.39, 0.29) is 11.9 Å². The van der Waals surface area contributed by atoms with Crippen LogP contribution in [-0.4, -0.2) is 10.9 Å². The molecule has 0 bridgehead atoms. The highest BCUT2D eigenvalue weighted by atomic mass is 79.9. The number of hydrogen-bond donors (Lipinski definition) is 1. The minimum atomic E-state index is -0.0949. The minimum Gasteiger partial charge on any atom is -0.345 e. The molecule has 1 heterocycles. The average molecular weight is 333 g/mol. The summed E-state index contributed by atoms with van der Waals surface area (Å²) in [5.41, 5.74) is 3.35. The molecule has 1 unspecified atom stereocenters. The van der Waals surface area contributed by atoms with Gasteiger partial charge in [0.15, 0.2) is 0 Å². The molecule has 2 aromatic rings. The van der Waals surface area contributed by atoms with E-state index in [2.05, 4.69) is 26.2 Å². The second-order valence-electron chi connectivity index (χ2n) is 4.84. The SMILES string of the molecule is Cc1ccc(C(=O)NC(C)c2cccc(Br)c2)c(C)n1. The van der Waals surface area contributed by atoms with E-state index >= 15 is 0 Å². The number of aromatic nitrogens is 1. The summed E-state index contributed by atoms with van der Waals surface area (Å²) < 4.78 is 1.00. The number of benzene rings is 1. The molecule has 0 radical (unpaired) electrons. The quantitative estimate of drug-likeness (QED) is 0.924. The van der Waals surface area contributed by atoms with Crippen molar-refractivity contribution >= 4 is 21.8 Å². The van der Waals surface area contributed by atoms with Crippen molar-refractivity contribution in [1.82, 2.24) is 10.3 Å². The number of carbonyl (C=O) groups excluding carboxylic acids is 1. The molecular weight excluding hydrogens is 316 g/mol. The standard InChI is InChI=1S/C16H17BrN2O/c1-10-7-8-15(12(3)18-10)16(20)19-11(2)13-5-4-6-14(17)9-13/h4-9,11H,1-3H3,(H,19,20). The predicted molar refractivity (Wildman–Crippen MR) is 83.7 cm³/mol. The normalized spacial score (nSPS) is 12.0. The number of nitrogens with one attached hydrogen (secondary N) is 1. The second-order valence-corrected chi connectivity index (χ2v) is 5.75. The van der Waals surface area contributed by atoms with Gasteiger partial charge in [-0.15, -0.1) is 0 Å². The molecule has 3 nitrogen and oxygen atoms in total. The van der Waals surface area contributed by atoms with Gasteiger partial charge in [-0.3, -0.25) is 9.78 Å². The van der Waals surface area contributed by atoms with E-state index in [0.717, 1.165) is 21.4 Å². The molecule has 20 heavy (non-hydrogen) atoms. The summed E-state index contributed by atoms with van der Waals surface area (Å²) in [7, 11) is 0. The van der Waals surface area contributed by atoms with Crippen molar-refractivity contribution in [3.05, 3.63) is 63.4 Å². The van der Waals surface area contributed by atoms with E-state index in [4.69, 9.17) is 0 Å². The Kier molecular flexibility index (Phi) is 4.55. The highest BCUT2D eigenvalue weighted by molar-refractivity contribution is 9.10.